The molecule has 290 valence electrons. The number of hydrogen-bond acceptors (Lipinski definition) is 10. The van der Waals surface area contributed by atoms with Crippen LogP contribution in [0.2, 0.25) is 0 Å². The lowest BCUT2D eigenvalue weighted by atomic mass is 9.98. The lowest BCUT2D eigenvalue weighted by molar-refractivity contribution is -0.143. The van der Waals surface area contributed by atoms with Crippen LogP contribution in [0.4, 0.5) is 0 Å². The number of carboxylic acids is 3. The van der Waals surface area contributed by atoms with Crippen molar-refractivity contribution in [1.29, 1.82) is 0 Å². The molecule has 6 unspecified atom stereocenters. The van der Waals surface area contributed by atoms with Crippen molar-refractivity contribution >= 4 is 53.4 Å². The minimum Gasteiger partial charge on any atom is -0.481 e. The van der Waals surface area contributed by atoms with Gasteiger partial charge in [0.1, 0.15) is 30.2 Å². The van der Waals surface area contributed by atoms with Crippen molar-refractivity contribution in [2.24, 2.45) is 29.2 Å². The van der Waals surface area contributed by atoms with Crippen molar-refractivity contribution in [2.45, 2.75) is 129 Å². The molecular formula is C32H55N7O12. The Morgan fingerprint density at radius 3 is 1.29 bits per heavy atom. The number of primary amides is 1. The molecule has 0 heterocycles. The third-order valence-electron chi connectivity index (χ3n) is 7.51. The van der Waals surface area contributed by atoms with Crippen LogP contribution in [0.1, 0.15) is 92.9 Å². The number of hydrogen-bond donors (Lipinski definition) is 10. The highest BCUT2D eigenvalue weighted by molar-refractivity contribution is 5.96. The molecule has 0 aliphatic heterocycles. The first kappa shape index (κ1) is 46.2. The van der Waals surface area contributed by atoms with Gasteiger partial charge in [-0.2, -0.15) is 0 Å². The van der Waals surface area contributed by atoms with Gasteiger partial charge in [-0.05, 0) is 49.9 Å². The fourth-order valence-corrected chi connectivity index (χ4v) is 4.77. The van der Waals surface area contributed by atoms with Crippen molar-refractivity contribution in [1.82, 2.24) is 26.6 Å². The molecule has 0 radical (unpaired) electrons. The van der Waals surface area contributed by atoms with Crippen LogP contribution in [-0.4, -0.2) is 105 Å². The zero-order valence-electron chi connectivity index (χ0n) is 30.0. The molecule has 51 heavy (non-hydrogen) atoms. The molecule has 0 rings (SSSR count). The van der Waals surface area contributed by atoms with Crippen LogP contribution >= 0.6 is 0 Å². The van der Waals surface area contributed by atoms with Gasteiger partial charge in [0.25, 0.3) is 0 Å². The lowest BCUT2D eigenvalue weighted by Gasteiger charge is -2.29. The van der Waals surface area contributed by atoms with E-state index in [0.717, 1.165) is 0 Å². The Balaban J connectivity index is 6.15. The minimum atomic E-state index is -1.54. The van der Waals surface area contributed by atoms with Gasteiger partial charge in [0, 0.05) is 19.3 Å². The molecule has 0 fully saturated rings. The second-order valence-electron chi connectivity index (χ2n) is 13.5. The number of amides is 6. The normalized spacial score (nSPS) is 14.7. The van der Waals surface area contributed by atoms with Gasteiger partial charge in [-0.1, -0.05) is 41.5 Å². The zero-order chi connectivity index (χ0) is 39.6. The second-order valence-corrected chi connectivity index (χ2v) is 13.5. The van der Waals surface area contributed by atoms with Gasteiger partial charge < -0.3 is 53.4 Å². The van der Waals surface area contributed by atoms with Crippen LogP contribution in [0, 0.1) is 17.8 Å². The smallest absolute Gasteiger partial charge is 0.326 e. The van der Waals surface area contributed by atoms with Gasteiger partial charge in [-0.3, -0.25) is 38.4 Å². The van der Waals surface area contributed by atoms with E-state index in [9.17, 15) is 48.3 Å². The average Bonchev–Trinajstić information content (AvgIpc) is 3.00. The molecule has 0 saturated heterocycles. The molecule has 0 aliphatic rings. The largest absolute Gasteiger partial charge is 0.481 e. The van der Waals surface area contributed by atoms with E-state index in [1.54, 1.807) is 41.5 Å². The summed E-state index contributed by atoms with van der Waals surface area (Å²) in [7, 11) is 0. The summed E-state index contributed by atoms with van der Waals surface area (Å²) in [6.45, 7) is 10.2. The van der Waals surface area contributed by atoms with Gasteiger partial charge in [0.2, 0.25) is 35.4 Å². The van der Waals surface area contributed by atoms with Crippen LogP contribution in [0.3, 0.4) is 0 Å². The minimum absolute atomic E-state index is 0.0549. The topological polar surface area (TPSA) is 327 Å². The predicted octanol–water partition coefficient (Wildman–Crippen LogP) is -1.43. The first-order valence-corrected chi connectivity index (χ1v) is 16.8. The number of nitrogens with two attached hydrogens (primary N) is 2. The first-order chi connectivity index (χ1) is 23.5. The highest BCUT2D eigenvalue weighted by atomic mass is 16.4. The molecule has 0 aliphatic carbocycles. The Kier molecular flexibility index (Phi) is 20.7. The van der Waals surface area contributed by atoms with E-state index in [0.29, 0.717) is 0 Å². The highest BCUT2D eigenvalue weighted by Gasteiger charge is 2.34. The number of carbonyl (C=O) groups is 9. The number of carbonyl (C=O) groups excluding carboxylic acids is 6. The summed E-state index contributed by atoms with van der Waals surface area (Å²) in [5, 5.41) is 39.6. The first-order valence-electron chi connectivity index (χ1n) is 16.8. The average molecular weight is 730 g/mol. The zero-order valence-corrected chi connectivity index (χ0v) is 30.0. The lowest BCUT2D eigenvalue weighted by Crippen LogP contribution is -2.60. The van der Waals surface area contributed by atoms with E-state index in [4.69, 9.17) is 21.7 Å². The molecule has 19 nitrogen and oxygen atoms in total. The molecule has 0 saturated carbocycles. The monoisotopic (exact) mass is 729 g/mol. The fourth-order valence-electron chi connectivity index (χ4n) is 4.77. The number of rotatable bonds is 25. The van der Waals surface area contributed by atoms with Gasteiger partial charge in [-0.15, -0.1) is 0 Å². The Hall–Kier alpha value is -4.81. The van der Waals surface area contributed by atoms with Crippen LogP contribution in [-0.2, 0) is 43.2 Å². The molecule has 0 aromatic carbocycles. The quantitative estimate of drug-likeness (QED) is 0.0516. The van der Waals surface area contributed by atoms with Gasteiger partial charge in [0.05, 0.1) is 6.04 Å². The van der Waals surface area contributed by atoms with Crippen molar-refractivity contribution in [3.8, 4) is 0 Å². The van der Waals surface area contributed by atoms with Crippen LogP contribution in [0.25, 0.3) is 0 Å². The number of carboxylic acid groups (broad SMARTS) is 3. The molecule has 0 aromatic heterocycles. The summed E-state index contributed by atoms with van der Waals surface area (Å²) in [4.78, 5) is 111. The van der Waals surface area contributed by atoms with Gasteiger partial charge in [0.15, 0.2) is 0 Å². The van der Waals surface area contributed by atoms with E-state index in [-0.39, 0.29) is 50.4 Å². The Morgan fingerprint density at radius 2 is 0.902 bits per heavy atom. The third-order valence-corrected chi connectivity index (χ3v) is 7.51. The van der Waals surface area contributed by atoms with Crippen LogP contribution < -0.4 is 38.1 Å². The summed E-state index contributed by atoms with van der Waals surface area (Å²) < 4.78 is 0. The van der Waals surface area contributed by atoms with E-state index >= 15 is 0 Å². The van der Waals surface area contributed by atoms with Crippen molar-refractivity contribution in [2.75, 3.05) is 0 Å². The Bertz CT molecular complexity index is 1260. The maximum absolute atomic E-state index is 13.6. The fraction of sp³-hybridized carbons (Fsp3) is 0.719. The van der Waals surface area contributed by atoms with Crippen molar-refractivity contribution in [3.63, 3.8) is 0 Å². The van der Waals surface area contributed by atoms with Crippen molar-refractivity contribution < 1.29 is 58.5 Å². The van der Waals surface area contributed by atoms with E-state index in [1.165, 1.54) is 0 Å². The van der Waals surface area contributed by atoms with Crippen LogP contribution in [0.5, 0.6) is 0 Å². The summed E-state index contributed by atoms with van der Waals surface area (Å²) in [5.74, 6) is -9.77. The standard InChI is InChI=1S/C32H55N7O12/c1-15(2)13-21(29(47)36-20(32(50)51)9-12-25(43)44)38-30(48)22(14-16(3)4)37-28(46)19(8-10-23(34)40)35-31(49)26(17(5)6)39-27(45)18(33)7-11-24(41)42/h15-22,26H,7-14,33H2,1-6H3,(H2,34,40)(H,35,49)(H,36,47)(H,37,46)(H,38,48)(H,39,45)(H,41,42)(H,43,44)(H,50,51). The summed E-state index contributed by atoms with van der Waals surface area (Å²) in [5.41, 5.74) is 11.1. The summed E-state index contributed by atoms with van der Waals surface area (Å²) >= 11 is 0. The molecule has 12 N–H and O–H groups in total. The maximum atomic E-state index is 13.6. The molecule has 19 heteroatoms. The molecule has 6 atom stereocenters. The second kappa shape index (κ2) is 22.8. The predicted molar refractivity (Wildman–Crippen MR) is 181 cm³/mol. The van der Waals surface area contributed by atoms with E-state index in [1.807, 2.05) is 0 Å². The summed E-state index contributed by atoms with van der Waals surface area (Å²) in [6.07, 6.45) is -2.02. The highest BCUT2D eigenvalue weighted by Crippen LogP contribution is 2.12. The van der Waals surface area contributed by atoms with E-state index < -0.39 is 108 Å². The molecular weight excluding hydrogens is 674 g/mol. The Labute approximate surface area is 296 Å². The Morgan fingerprint density at radius 1 is 0.510 bits per heavy atom. The van der Waals surface area contributed by atoms with E-state index in [2.05, 4.69) is 26.6 Å². The molecule has 0 bridgehead atoms. The molecule has 6 amide bonds. The van der Waals surface area contributed by atoms with Crippen LogP contribution in [0.15, 0.2) is 0 Å². The van der Waals surface area contributed by atoms with Gasteiger partial charge >= 0.3 is 17.9 Å². The van der Waals surface area contributed by atoms with Crippen molar-refractivity contribution in [3.05, 3.63) is 0 Å². The number of nitrogens with one attached hydrogen (secondary N) is 5. The molecule has 0 aromatic rings. The molecule has 0 spiro atoms. The third kappa shape index (κ3) is 19.2. The summed E-state index contributed by atoms with van der Waals surface area (Å²) in [6, 6.07) is -7.97. The SMILES string of the molecule is CC(C)CC(NC(=O)C(CC(C)C)NC(=O)C(CCC(N)=O)NC(=O)C(NC(=O)C(N)CCC(=O)O)C(C)C)C(=O)NC(CCC(=O)O)C(=O)O. The maximum Gasteiger partial charge on any atom is 0.326 e. The number of aliphatic carboxylic acids is 3. The van der Waals surface area contributed by atoms with Gasteiger partial charge in [-0.25, -0.2) is 4.79 Å².